The van der Waals surface area contributed by atoms with Gasteiger partial charge in [0.05, 0.1) is 5.69 Å². The molecule has 5 nitrogen and oxygen atoms in total. The van der Waals surface area contributed by atoms with Gasteiger partial charge in [0, 0.05) is 29.4 Å². The molecule has 0 atom stereocenters. The highest BCUT2D eigenvalue weighted by Crippen LogP contribution is 2.25. The number of nitrogens with one attached hydrogen (secondary N) is 2. The van der Waals surface area contributed by atoms with Gasteiger partial charge in [0.15, 0.2) is 0 Å². The summed E-state index contributed by atoms with van der Waals surface area (Å²) in [5, 5.41) is 6.28. The maximum absolute atomic E-state index is 12.6. The molecule has 0 spiro atoms. The van der Waals surface area contributed by atoms with Crippen molar-refractivity contribution in [3.8, 4) is 0 Å². The minimum Gasteiger partial charge on any atom is -0.342 e. The molecule has 24 heavy (non-hydrogen) atoms. The van der Waals surface area contributed by atoms with E-state index in [-0.39, 0.29) is 23.7 Å². The lowest BCUT2D eigenvalue weighted by molar-refractivity contribution is -0.139. The van der Waals surface area contributed by atoms with E-state index in [1.807, 2.05) is 29.2 Å². The van der Waals surface area contributed by atoms with Crippen LogP contribution in [0.3, 0.4) is 0 Å². The molecule has 0 bridgehead atoms. The Morgan fingerprint density at radius 2 is 1.71 bits per heavy atom. The number of hydrogen-bond acceptors (Lipinski definition) is 3. The number of likely N-dealkylation sites (tertiary alicyclic amines) is 1. The summed E-state index contributed by atoms with van der Waals surface area (Å²) in [5.74, 6) is 0.475. The second-order valence-corrected chi connectivity index (χ2v) is 7.45. The van der Waals surface area contributed by atoms with Crippen LogP contribution in [0.2, 0.25) is 0 Å². The average Bonchev–Trinajstić information content (AvgIpc) is 2.64. The van der Waals surface area contributed by atoms with Gasteiger partial charge < -0.3 is 15.5 Å². The van der Waals surface area contributed by atoms with Crippen LogP contribution >= 0.6 is 15.9 Å². The van der Waals surface area contributed by atoms with Gasteiger partial charge in [-0.1, -0.05) is 12.1 Å². The van der Waals surface area contributed by atoms with Crippen LogP contribution in [0.25, 0.3) is 0 Å². The van der Waals surface area contributed by atoms with Crippen LogP contribution in [0.4, 0.5) is 5.69 Å². The van der Waals surface area contributed by atoms with E-state index in [9.17, 15) is 9.59 Å². The van der Waals surface area contributed by atoms with Crippen LogP contribution in [-0.4, -0.2) is 42.9 Å². The quantitative estimate of drug-likeness (QED) is 0.829. The van der Waals surface area contributed by atoms with Crippen LogP contribution in [0.1, 0.15) is 25.7 Å². The molecule has 130 valence electrons. The first-order valence-electron chi connectivity index (χ1n) is 8.70. The zero-order valence-electron chi connectivity index (χ0n) is 13.8. The summed E-state index contributed by atoms with van der Waals surface area (Å²) < 4.78 is 0.886. The summed E-state index contributed by atoms with van der Waals surface area (Å²) in [6.07, 6.45) is 3.35. The van der Waals surface area contributed by atoms with Crippen molar-refractivity contribution in [2.24, 2.45) is 11.8 Å². The normalized spacial score (nSPS) is 20.0. The monoisotopic (exact) mass is 393 g/mol. The van der Waals surface area contributed by atoms with Crippen molar-refractivity contribution in [2.45, 2.75) is 25.7 Å². The molecule has 2 fully saturated rings. The van der Waals surface area contributed by atoms with E-state index in [0.717, 1.165) is 48.9 Å². The van der Waals surface area contributed by atoms with Gasteiger partial charge in [0.25, 0.3) is 0 Å². The lowest BCUT2D eigenvalue weighted by atomic mass is 9.92. The fraction of sp³-hybridized carbons (Fsp3) is 0.556. The van der Waals surface area contributed by atoms with E-state index in [4.69, 9.17) is 0 Å². The van der Waals surface area contributed by atoms with E-state index < -0.39 is 0 Å². The molecule has 0 aliphatic carbocycles. The minimum absolute atomic E-state index is 0.0193. The number of halogens is 1. The van der Waals surface area contributed by atoms with Crippen LogP contribution in [-0.2, 0) is 9.59 Å². The molecule has 0 saturated carbocycles. The first-order valence-corrected chi connectivity index (χ1v) is 9.49. The van der Waals surface area contributed by atoms with Gasteiger partial charge >= 0.3 is 0 Å². The first kappa shape index (κ1) is 17.4. The molecule has 2 N–H and O–H groups in total. The first-order chi connectivity index (χ1) is 11.6. The molecule has 2 aliphatic heterocycles. The molecule has 0 unspecified atom stereocenters. The van der Waals surface area contributed by atoms with Crippen molar-refractivity contribution in [1.82, 2.24) is 10.2 Å². The van der Waals surface area contributed by atoms with Gasteiger partial charge in [-0.2, -0.15) is 0 Å². The zero-order chi connectivity index (χ0) is 16.9. The smallest absolute Gasteiger partial charge is 0.227 e. The fourth-order valence-electron chi connectivity index (χ4n) is 3.49. The largest absolute Gasteiger partial charge is 0.342 e. The summed E-state index contributed by atoms with van der Waals surface area (Å²) in [6.45, 7) is 3.25. The third-order valence-electron chi connectivity index (χ3n) is 5.00. The number of benzene rings is 1. The predicted octanol–water partition coefficient (Wildman–Crippen LogP) is 2.63. The van der Waals surface area contributed by atoms with E-state index in [0.29, 0.717) is 13.1 Å². The number of hydrogen-bond donors (Lipinski definition) is 2. The molecule has 2 amide bonds. The highest BCUT2D eigenvalue weighted by Gasteiger charge is 2.31. The average molecular weight is 394 g/mol. The molecular weight excluding hydrogens is 370 g/mol. The maximum atomic E-state index is 12.6. The van der Waals surface area contributed by atoms with E-state index >= 15 is 0 Å². The number of para-hydroxylation sites is 1. The Morgan fingerprint density at radius 1 is 1.04 bits per heavy atom. The molecule has 0 radical (unpaired) electrons. The van der Waals surface area contributed by atoms with Gasteiger partial charge in [0.1, 0.15) is 0 Å². The third-order valence-corrected chi connectivity index (χ3v) is 5.69. The Morgan fingerprint density at radius 3 is 2.38 bits per heavy atom. The highest BCUT2D eigenvalue weighted by atomic mass is 79.9. The summed E-state index contributed by atoms with van der Waals surface area (Å²) >= 11 is 3.45. The Hall–Kier alpha value is -1.40. The number of piperidine rings is 2. The van der Waals surface area contributed by atoms with Crippen molar-refractivity contribution in [3.05, 3.63) is 28.7 Å². The number of anilines is 1. The summed E-state index contributed by atoms with van der Waals surface area (Å²) in [5.41, 5.74) is 0.802. The Bertz CT molecular complexity index is 594. The van der Waals surface area contributed by atoms with E-state index in [1.54, 1.807) is 0 Å². The number of carbonyl (C=O) groups excluding carboxylic acids is 2. The summed E-state index contributed by atoms with van der Waals surface area (Å²) in [4.78, 5) is 27.0. The minimum atomic E-state index is -0.0193. The molecule has 3 rings (SSSR count). The maximum Gasteiger partial charge on any atom is 0.227 e. The summed E-state index contributed by atoms with van der Waals surface area (Å²) in [7, 11) is 0. The summed E-state index contributed by atoms with van der Waals surface area (Å²) in [6, 6.07) is 7.62. The van der Waals surface area contributed by atoms with Gasteiger partial charge in [-0.15, -0.1) is 0 Å². The van der Waals surface area contributed by atoms with E-state index in [1.165, 1.54) is 0 Å². The molecule has 2 aliphatic rings. The SMILES string of the molecule is O=C(Nc1ccccc1Br)C1CCN(C(=O)C2CCNCC2)CC1. The Balaban J connectivity index is 1.50. The van der Waals surface area contributed by atoms with Crippen LogP contribution < -0.4 is 10.6 Å². The molecule has 0 aromatic heterocycles. The van der Waals surface area contributed by atoms with E-state index in [2.05, 4.69) is 26.6 Å². The standard InChI is InChI=1S/C18H24BrN3O2/c19-15-3-1-2-4-16(15)21-17(23)13-7-11-22(12-8-13)18(24)14-5-9-20-10-6-14/h1-4,13-14,20H,5-12H2,(H,21,23). The molecular formula is C18H24BrN3O2. The van der Waals surface area contributed by atoms with Gasteiger partial charge in [0.2, 0.25) is 11.8 Å². The van der Waals surface area contributed by atoms with Crippen molar-refractivity contribution in [1.29, 1.82) is 0 Å². The highest BCUT2D eigenvalue weighted by molar-refractivity contribution is 9.10. The molecule has 1 aromatic rings. The number of nitrogens with zero attached hydrogens (tertiary/aromatic N) is 1. The second-order valence-electron chi connectivity index (χ2n) is 6.59. The molecule has 2 heterocycles. The van der Waals surface area contributed by atoms with Gasteiger partial charge in [-0.3, -0.25) is 9.59 Å². The van der Waals surface area contributed by atoms with Crippen molar-refractivity contribution in [3.63, 3.8) is 0 Å². The van der Waals surface area contributed by atoms with Crippen LogP contribution in [0.15, 0.2) is 28.7 Å². The Kier molecular flexibility index (Phi) is 5.89. The molecule has 2 saturated heterocycles. The lowest BCUT2D eigenvalue weighted by Crippen LogP contribution is -2.46. The van der Waals surface area contributed by atoms with Crippen molar-refractivity contribution in [2.75, 3.05) is 31.5 Å². The number of carbonyl (C=O) groups is 2. The number of amides is 2. The molecule has 1 aromatic carbocycles. The zero-order valence-corrected chi connectivity index (χ0v) is 15.3. The third kappa shape index (κ3) is 4.16. The van der Waals surface area contributed by atoms with Gasteiger partial charge in [-0.25, -0.2) is 0 Å². The topological polar surface area (TPSA) is 61.4 Å². The molecule has 6 heteroatoms. The van der Waals surface area contributed by atoms with Crippen LogP contribution in [0.5, 0.6) is 0 Å². The van der Waals surface area contributed by atoms with Crippen LogP contribution in [0, 0.1) is 11.8 Å². The fourth-order valence-corrected chi connectivity index (χ4v) is 3.87. The lowest BCUT2D eigenvalue weighted by Gasteiger charge is -2.34. The predicted molar refractivity (Wildman–Crippen MR) is 97.7 cm³/mol. The van der Waals surface area contributed by atoms with Gasteiger partial charge in [-0.05, 0) is 66.8 Å². The second kappa shape index (κ2) is 8.12. The number of rotatable bonds is 3. The van der Waals surface area contributed by atoms with Crippen molar-refractivity contribution < 1.29 is 9.59 Å². The Labute approximate surface area is 151 Å². The van der Waals surface area contributed by atoms with Crippen molar-refractivity contribution >= 4 is 33.4 Å².